The van der Waals surface area contributed by atoms with E-state index in [2.05, 4.69) is 34.1 Å². The molecule has 0 aliphatic carbocycles. The van der Waals surface area contributed by atoms with Crippen molar-refractivity contribution in [1.82, 2.24) is 9.80 Å². The number of fused-ring (bicyclic) bond motifs is 1. The number of benzene rings is 3. The van der Waals surface area contributed by atoms with Gasteiger partial charge in [-0.15, -0.1) is 24.8 Å². The van der Waals surface area contributed by atoms with E-state index in [1.54, 1.807) is 6.07 Å². The highest BCUT2D eigenvalue weighted by molar-refractivity contribution is 6.31. The maximum Gasteiger partial charge on any atom is 0.249 e. The van der Waals surface area contributed by atoms with Crippen LogP contribution in [0.1, 0.15) is 75.1 Å². The molecule has 0 spiro atoms. The average molecular weight is 631 g/mol. The third-order valence-electron chi connectivity index (χ3n) is 8.67. The zero-order valence-electron chi connectivity index (χ0n) is 24.1. The summed E-state index contributed by atoms with van der Waals surface area (Å²) >= 11 is 6.34. The Morgan fingerprint density at radius 3 is 2.12 bits per heavy atom. The van der Waals surface area contributed by atoms with Gasteiger partial charge in [-0.25, -0.2) is 0 Å². The number of carbonyl (C=O) groups excluding carboxylic acids is 2. The number of likely N-dealkylation sites (tertiary alicyclic amines) is 1. The van der Waals surface area contributed by atoms with Crippen LogP contribution in [0.4, 0.5) is 0 Å². The van der Waals surface area contributed by atoms with Crippen molar-refractivity contribution in [2.24, 2.45) is 11.7 Å². The minimum Gasteiger partial charge on any atom is -0.366 e. The Bertz CT molecular complexity index is 1340. The van der Waals surface area contributed by atoms with Gasteiger partial charge in [0.05, 0.1) is 0 Å². The first kappa shape index (κ1) is 34.1. The molecule has 1 fully saturated rings. The van der Waals surface area contributed by atoms with Crippen molar-refractivity contribution < 1.29 is 9.59 Å². The molecule has 0 radical (unpaired) electrons. The van der Waals surface area contributed by atoms with Gasteiger partial charge in [0.15, 0.2) is 5.78 Å². The predicted octanol–water partition coefficient (Wildman–Crippen LogP) is 7.15. The molecule has 2 aliphatic heterocycles. The first-order valence-electron chi connectivity index (χ1n) is 14.7. The number of ketones is 1. The monoisotopic (exact) mass is 629 g/mol. The van der Waals surface area contributed by atoms with Gasteiger partial charge in [0.1, 0.15) is 0 Å². The molecule has 1 amide bonds. The van der Waals surface area contributed by atoms with Gasteiger partial charge in [0.25, 0.3) is 0 Å². The molecular weight excluding hydrogens is 589 g/mol. The summed E-state index contributed by atoms with van der Waals surface area (Å²) < 4.78 is 0. The first-order chi connectivity index (χ1) is 19.5. The molecule has 5 rings (SSSR count). The normalized spacial score (nSPS) is 16.0. The summed E-state index contributed by atoms with van der Waals surface area (Å²) in [6.07, 6.45) is 6.93. The lowest BCUT2D eigenvalue weighted by Crippen LogP contribution is -2.33. The summed E-state index contributed by atoms with van der Waals surface area (Å²) in [5.74, 6) is 0.583. The van der Waals surface area contributed by atoms with Gasteiger partial charge in [-0.3, -0.25) is 19.4 Å². The molecule has 5 nitrogen and oxygen atoms in total. The van der Waals surface area contributed by atoms with E-state index in [0.717, 1.165) is 74.6 Å². The highest BCUT2D eigenvalue weighted by Crippen LogP contribution is 2.26. The SMILES string of the molecule is Cl.Cl.NC(=O)c1ccccc1CN1CCc2ccc(C(=O)CCCC3CCN(Cc4ccccc4Cl)CC3)cc2CC1. The Hall–Kier alpha value is -2.41. The molecule has 0 aromatic heterocycles. The summed E-state index contributed by atoms with van der Waals surface area (Å²) in [4.78, 5) is 29.8. The largest absolute Gasteiger partial charge is 0.366 e. The highest BCUT2D eigenvalue weighted by atomic mass is 35.5. The number of nitrogens with two attached hydrogens (primary N) is 1. The fourth-order valence-corrected chi connectivity index (χ4v) is 6.43. The Kier molecular flexibility index (Phi) is 13.3. The van der Waals surface area contributed by atoms with Crippen molar-refractivity contribution >= 4 is 48.1 Å². The van der Waals surface area contributed by atoms with Crippen LogP contribution < -0.4 is 5.73 Å². The zero-order chi connectivity index (χ0) is 27.9. The lowest BCUT2D eigenvalue weighted by Gasteiger charge is -2.32. The van der Waals surface area contributed by atoms with Crippen LogP contribution in [-0.4, -0.2) is 47.7 Å². The van der Waals surface area contributed by atoms with Crippen LogP contribution in [0, 0.1) is 5.92 Å². The van der Waals surface area contributed by atoms with E-state index >= 15 is 0 Å². The number of amides is 1. The Morgan fingerprint density at radius 2 is 1.40 bits per heavy atom. The average Bonchev–Trinajstić information content (AvgIpc) is 3.17. The second kappa shape index (κ2) is 16.4. The molecule has 3 aromatic rings. The predicted molar refractivity (Wildman–Crippen MR) is 176 cm³/mol. The van der Waals surface area contributed by atoms with E-state index in [4.69, 9.17) is 17.3 Å². The van der Waals surface area contributed by atoms with Gasteiger partial charge in [0.2, 0.25) is 5.91 Å². The molecule has 0 saturated carbocycles. The van der Waals surface area contributed by atoms with Gasteiger partial charge in [-0.1, -0.05) is 60.1 Å². The van der Waals surface area contributed by atoms with E-state index in [1.165, 1.54) is 29.5 Å². The molecule has 0 bridgehead atoms. The van der Waals surface area contributed by atoms with Crippen molar-refractivity contribution in [2.75, 3.05) is 26.2 Å². The Labute approximate surface area is 267 Å². The number of rotatable bonds is 10. The van der Waals surface area contributed by atoms with Crippen molar-refractivity contribution in [1.29, 1.82) is 0 Å². The molecule has 0 atom stereocenters. The second-order valence-corrected chi connectivity index (χ2v) is 11.8. The van der Waals surface area contributed by atoms with Crippen molar-refractivity contribution in [2.45, 2.75) is 58.0 Å². The van der Waals surface area contributed by atoms with E-state index < -0.39 is 0 Å². The standard InChI is InChI=1S/C34H40ClN3O2.2ClH/c35-32-10-4-2-8-30(32)24-37-18-14-25(15-19-37)6-5-11-33(39)28-13-12-26-16-20-38(21-17-27(26)22-28)23-29-7-1-3-9-31(29)34(36)40;;/h1-4,7-10,12-13,22,25H,5-6,11,14-21,23-24H2,(H2,36,40);2*1H. The summed E-state index contributed by atoms with van der Waals surface area (Å²) in [5.41, 5.74) is 11.8. The number of Topliss-reactive ketones (excluding diaryl/α,β-unsaturated/α-hetero) is 1. The molecule has 226 valence electrons. The van der Waals surface area contributed by atoms with Crippen molar-refractivity contribution in [3.05, 3.63) is 105 Å². The molecule has 42 heavy (non-hydrogen) atoms. The summed E-state index contributed by atoms with van der Waals surface area (Å²) in [5, 5.41) is 0.851. The van der Waals surface area contributed by atoms with E-state index in [0.29, 0.717) is 24.4 Å². The van der Waals surface area contributed by atoms with Gasteiger partial charge >= 0.3 is 0 Å². The number of carbonyl (C=O) groups is 2. The van der Waals surface area contributed by atoms with Crippen molar-refractivity contribution in [3.8, 4) is 0 Å². The van der Waals surface area contributed by atoms with Crippen LogP contribution in [0.2, 0.25) is 5.02 Å². The molecule has 2 N–H and O–H groups in total. The topological polar surface area (TPSA) is 66.6 Å². The zero-order valence-corrected chi connectivity index (χ0v) is 26.5. The van der Waals surface area contributed by atoms with E-state index in [1.807, 2.05) is 36.4 Å². The molecule has 0 unspecified atom stereocenters. The lowest BCUT2D eigenvalue weighted by molar-refractivity contribution is 0.0971. The molecule has 3 aromatic carbocycles. The van der Waals surface area contributed by atoms with Crippen LogP contribution in [0.15, 0.2) is 66.7 Å². The number of halogens is 3. The van der Waals surface area contributed by atoms with Crippen LogP contribution in [0.5, 0.6) is 0 Å². The van der Waals surface area contributed by atoms with Gasteiger partial charge in [0, 0.05) is 48.7 Å². The smallest absolute Gasteiger partial charge is 0.249 e. The lowest BCUT2D eigenvalue weighted by atomic mass is 9.90. The molecular formula is C34H42Cl3N3O2. The Morgan fingerprint density at radius 1 is 0.786 bits per heavy atom. The molecule has 2 heterocycles. The fraction of sp³-hybridized carbons (Fsp3) is 0.412. The van der Waals surface area contributed by atoms with Gasteiger partial charge in [-0.05, 0) is 98.0 Å². The quantitative estimate of drug-likeness (QED) is 0.242. The number of hydrogen-bond acceptors (Lipinski definition) is 4. The number of piperidine rings is 1. The van der Waals surface area contributed by atoms with E-state index in [-0.39, 0.29) is 36.5 Å². The number of nitrogens with zero attached hydrogens (tertiary/aromatic N) is 2. The summed E-state index contributed by atoms with van der Waals surface area (Å²) in [6.45, 7) is 5.64. The van der Waals surface area contributed by atoms with Crippen LogP contribution >= 0.6 is 36.4 Å². The maximum absolute atomic E-state index is 13.1. The maximum atomic E-state index is 13.1. The van der Waals surface area contributed by atoms with Crippen molar-refractivity contribution in [3.63, 3.8) is 0 Å². The molecule has 8 heteroatoms. The summed E-state index contributed by atoms with van der Waals surface area (Å²) in [6, 6.07) is 22.0. The highest BCUT2D eigenvalue weighted by Gasteiger charge is 2.21. The van der Waals surface area contributed by atoms with Gasteiger partial charge in [-0.2, -0.15) is 0 Å². The number of hydrogen-bond donors (Lipinski definition) is 1. The third kappa shape index (κ3) is 9.05. The minimum atomic E-state index is -0.379. The Balaban J connectivity index is 0.00000242. The second-order valence-electron chi connectivity index (χ2n) is 11.4. The fourth-order valence-electron chi connectivity index (χ4n) is 6.24. The summed E-state index contributed by atoms with van der Waals surface area (Å²) in [7, 11) is 0. The molecule has 1 saturated heterocycles. The van der Waals surface area contributed by atoms with Crippen LogP contribution in [-0.2, 0) is 25.9 Å². The number of primary amides is 1. The van der Waals surface area contributed by atoms with Gasteiger partial charge < -0.3 is 5.73 Å². The van der Waals surface area contributed by atoms with Crippen LogP contribution in [0.25, 0.3) is 0 Å². The molecule has 2 aliphatic rings. The van der Waals surface area contributed by atoms with E-state index in [9.17, 15) is 9.59 Å². The van der Waals surface area contributed by atoms with Crippen LogP contribution in [0.3, 0.4) is 0 Å². The minimum absolute atomic E-state index is 0. The third-order valence-corrected chi connectivity index (χ3v) is 9.04. The first-order valence-corrected chi connectivity index (χ1v) is 15.0.